The van der Waals surface area contributed by atoms with Crippen LogP contribution in [0.1, 0.15) is 22.3 Å². The lowest BCUT2D eigenvalue weighted by molar-refractivity contribution is 0.319. The van der Waals surface area contributed by atoms with E-state index < -0.39 is 0 Å². The molecule has 27 heavy (non-hydrogen) atoms. The van der Waals surface area contributed by atoms with E-state index in [9.17, 15) is 5.21 Å². The average molecular weight is 362 g/mol. The number of hydrogen-bond acceptors (Lipinski definition) is 5. The zero-order valence-corrected chi connectivity index (χ0v) is 15.4. The van der Waals surface area contributed by atoms with Crippen LogP contribution in [0, 0.1) is 0 Å². The first kappa shape index (κ1) is 18.5. The first-order valence-electron chi connectivity index (χ1n) is 8.69. The summed E-state index contributed by atoms with van der Waals surface area (Å²) in [6.45, 7) is 0. The maximum absolute atomic E-state index is 9.63. The number of methoxy groups -OCH3 is 2. The topological polar surface area (TPSA) is 63.9 Å². The maximum Gasteiger partial charge on any atom is 0.125 e. The van der Waals surface area contributed by atoms with Gasteiger partial charge < -0.3 is 14.7 Å². The average Bonchev–Trinajstić information content (AvgIpc) is 2.74. The van der Waals surface area contributed by atoms with E-state index in [1.54, 1.807) is 26.6 Å². The smallest absolute Gasteiger partial charge is 0.125 e. The molecule has 0 spiro atoms. The van der Waals surface area contributed by atoms with E-state index in [1.165, 1.54) is 0 Å². The van der Waals surface area contributed by atoms with Crippen LogP contribution >= 0.6 is 0 Å². The van der Waals surface area contributed by atoms with Crippen LogP contribution in [0.3, 0.4) is 0 Å². The summed E-state index contributed by atoms with van der Waals surface area (Å²) < 4.78 is 11.0. The van der Waals surface area contributed by atoms with Gasteiger partial charge in [0.1, 0.15) is 17.2 Å². The molecule has 0 atom stereocenters. The van der Waals surface area contributed by atoms with E-state index in [4.69, 9.17) is 9.47 Å². The van der Waals surface area contributed by atoms with Crippen LogP contribution in [0.2, 0.25) is 0 Å². The van der Waals surface area contributed by atoms with Crippen molar-refractivity contribution < 1.29 is 14.7 Å². The Bertz CT molecular complexity index is 902. The number of aromatic nitrogens is 1. The van der Waals surface area contributed by atoms with Gasteiger partial charge in [0.05, 0.1) is 14.2 Å². The number of aryl methyl sites for hydroxylation is 1. The Hall–Kier alpha value is -3.34. The quantitative estimate of drug-likeness (QED) is 0.390. The third-order valence-corrected chi connectivity index (χ3v) is 4.48. The van der Waals surface area contributed by atoms with E-state index >= 15 is 0 Å². The number of ether oxygens (including phenoxy) is 2. The van der Waals surface area contributed by atoms with Crippen LogP contribution in [0.25, 0.3) is 0 Å². The predicted octanol–water partition coefficient (Wildman–Crippen LogP) is 4.11. The number of benzene rings is 2. The van der Waals surface area contributed by atoms with Crippen molar-refractivity contribution in [2.24, 2.45) is 5.16 Å². The summed E-state index contributed by atoms with van der Waals surface area (Å²) >= 11 is 0. The molecular formula is C22H22N2O3. The lowest BCUT2D eigenvalue weighted by atomic mass is 9.94. The summed E-state index contributed by atoms with van der Waals surface area (Å²) in [4.78, 5) is 4.12. The Labute approximate surface area is 158 Å². The Morgan fingerprint density at radius 2 is 1.67 bits per heavy atom. The molecule has 3 aromatic rings. The van der Waals surface area contributed by atoms with Crippen LogP contribution in [0.5, 0.6) is 11.5 Å². The molecule has 0 amide bonds. The molecule has 0 aliphatic carbocycles. The summed E-state index contributed by atoms with van der Waals surface area (Å²) in [5.74, 6) is 1.60. The Kier molecular flexibility index (Phi) is 6.05. The van der Waals surface area contributed by atoms with Crippen molar-refractivity contribution in [1.29, 1.82) is 0 Å². The molecule has 0 unspecified atom stereocenters. The summed E-state index contributed by atoms with van der Waals surface area (Å²) in [7, 11) is 3.32. The fourth-order valence-corrected chi connectivity index (χ4v) is 3.17. The van der Waals surface area contributed by atoms with E-state index in [0.717, 1.165) is 46.6 Å². The standard InChI is InChI=1S/C22H22N2O3/c1-26-20-10-5-11-21(27-2)19(20)13-12-16-7-3-4-9-18(16)22(24-25)17-8-6-14-23-15-17/h3-11,14-15,25H,12-13H2,1-2H3. The van der Waals surface area contributed by atoms with Gasteiger partial charge in [-0.15, -0.1) is 0 Å². The van der Waals surface area contributed by atoms with Crippen LogP contribution in [0.15, 0.2) is 72.1 Å². The molecule has 1 heterocycles. The third kappa shape index (κ3) is 4.08. The first-order valence-corrected chi connectivity index (χ1v) is 8.69. The molecular weight excluding hydrogens is 340 g/mol. The number of pyridine rings is 1. The normalized spacial score (nSPS) is 11.3. The fraction of sp³-hybridized carbons (Fsp3) is 0.182. The highest BCUT2D eigenvalue weighted by Gasteiger charge is 2.15. The molecule has 138 valence electrons. The minimum atomic E-state index is 0.505. The van der Waals surface area contributed by atoms with Gasteiger partial charge in [0.15, 0.2) is 0 Å². The van der Waals surface area contributed by atoms with Crippen molar-refractivity contribution in [3.8, 4) is 11.5 Å². The summed E-state index contributed by atoms with van der Waals surface area (Å²) in [6.07, 6.45) is 4.86. The second kappa shape index (κ2) is 8.85. The number of oxime groups is 1. The predicted molar refractivity (Wildman–Crippen MR) is 105 cm³/mol. The number of rotatable bonds is 7. The second-order valence-electron chi connectivity index (χ2n) is 5.99. The van der Waals surface area contributed by atoms with Gasteiger partial charge in [-0.2, -0.15) is 0 Å². The van der Waals surface area contributed by atoms with Crippen molar-refractivity contribution in [1.82, 2.24) is 4.98 Å². The molecule has 2 aromatic carbocycles. The molecule has 0 saturated heterocycles. The number of nitrogens with zero attached hydrogens (tertiary/aromatic N) is 2. The van der Waals surface area contributed by atoms with Gasteiger partial charge in [0.2, 0.25) is 0 Å². The molecule has 0 aliphatic heterocycles. The largest absolute Gasteiger partial charge is 0.496 e. The van der Waals surface area contributed by atoms with Gasteiger partial charge >= 0.3 is 0 Å². The second-order valence-corrected chi connectivity index (χ2v) is 5.99. The molecule has 3 rings (SSSR count). The molecule has 0 radical (unpaired) electrons. The van der Waals surface area contributed by atoms with Crippen LogP contribution in [-0.4, -0.2) is 30.1 Å². The van der Waals surface area contributed by atoms with E-state index in [0.29, 0.717) is 5.71 Å². The van der Waals surface area contributed by atoms with Gasteiger partial charge in [-0.25, -0.2) is 0 Å². The monoisotopic (exact) mass is 362 g/mol. The molecule has 1 aromatic heterocycles. The maximum atomic E-state index is 9.63. The molecule has 5 heteroatoms. The van der Waals surface area contributed by atoms with Crippen molar-refractivity contribution in [3.05, 3.63) is 89.2 Å². The summed E-state index contributed by atoms with van der Waals surface area (Å²) in [5.41, 5.74) is 4.23. The number of hydrogen-bond donors (Lipinski definition) is 1. The Balaban J connectivity index is 1.92. The fourth-order valence-electron chi connectivity index (χ4n) is 3.17. The van der Waals surface area contributed by atoms with E-state index in [2.05, 4.69) is 10.1 Å². The van der Waals surface area contributed by atoms with Gasteiger partial charge in [0, 0.05) is 29.1 Å². The molecule has 1 N–H and O–H groups in total. The van der Waals surface area contributed by atoms with Crippen LogP contribution in [0.4, 0.5) is 0 Å². The SMILES string of the molecule is COc1cccc(OC)c1CCc1ccccc1C(=NO)c1cccnc1. The van der Waals surface area contributed by atoms with Crippen molar-refractivity contribution in [2.75, 3.05) is 14.2 Å². The van der Waals surface area contributed by atoms with Crippen molar-refractivity contribution in [2.45, 2.75) is 12.8 Å². The van der Waals surface area contributed by atoms with E-state index in [1.807, 2.05) is 54.6 Å². The molecule has 0 fully saturated rings. The third-order valence-electron chi connectivity index (χ3n) is 4.48. The highest BCUT2D eigenvalue weighted by Crippen LogP contribution is 2.30. The molecule has 0 bridgehead atoms. The van der Waals surface area contributed by atoms with Gasteiger partial charge in [-0.05, 0) is 42.7 Å². The lowest BCUT2D eigenvalue weighted by Gasteiger charge is -2.15. The molecule has 0 saturated carbocycles. The van der Waals surface area contributed by atoms with Crippen molar-refractivity contribution >= 4 is 5.71 Å². The first-order chi connectivity index (χ1) is 13.3. The zero-order valence-electron chi connectivity index (χ0n) is 15.4. The van der Waals surface area contributed by atoms with Crippen LogP contribution in [-0.2, 0) is 12.8 Å². The highest BCUT2D eigenvalue weighted by molar-refractivity contribution is 6.13. The Morgan fingerprint density at radius 3 is 2.30 bits per heavy atom. The van der Waals surface area contributed by atoms with Gasteiger partial charge in [-0.1, -0.05) is 35.5 Å². The van der Waals surface area contributed by atoms with E-state index in [-0.39, 0.29) is 0 Å². The van der Waals surface area contributed by atoms with Crippen LogP contribution < -0.4 is 9.47 Å². The Morgan fingerprint density at radius 1 is 0.926 bits per heavy atom. The minimum Gasteiger partial charge on any atom is -0.496 e. The van der Waals surface area contributed by atoms with Crippen molar-refractivity contribution in [3.63, 3.8) is 0 Å². The minimum absolute atomic E-state index is 0.505. The lowest BCUT2D eigenvalue weighted by Crippen LogP contribution is -2.09. The summed E-state index contributed by atoms with van der Waals surface area (Å²) in [5, 5.41) is 13.2. The molecule has 5 nitrogen and oxygen atoms in total. The molecule has 0 aliphatic rings. The van der Waals surface area contributed by atoms with Gasteiger partial charge in [-0.3, -0.25) is 4.98 Å². The summed E-state index contributed by atoms with van der Waals surface area (Å²) in [6, 6.07) is 17.4. The highest BCUT2D eigenvalue weighted by atomic mass is 16.5. The van der Waals surface area contributed by atoms with Gasteiger partial charge in [0.25, 0.3) is 0 Å². The zero-order chi connectivity index (χ0) is 19.1.